The van der Waals surface area contributed by atoms with Gasteiger partial charge in [0.05, 0.1) is 23.3 Å². The van der Waals surface area contributed by atoms with E-state index >= 15 is 0 Å². The molecule has 0 aliphatic heterocycles. The van der Waals surface area contributed by atoms with Crippen molar-refractivity contribution < 1.29 is 14.0 Å². The van der Waals surface area contributed by atoms with Crippen LogP contribution in [0.25, 0.3) is 11.0 Å². The quantitative estimate of drug-likeness (QED) is 0.646. The molecule has 0 saturated heterocycles. The third-order valence-corrected chi connectivity index (χ3v) is 3.58. The maximum atomic E-state index is 12.0. The Morgan fingerprint density at radius 3 is 2.83 bits per heavy atom. The number of rotatable bonds is 6. The number of imidazole rings is 1. The zero-order valence-corrected chi connectivity index (χ0v) is 13.2. The van der Waals surface area contributed by atoms with Crippen molar-refractivity contribution in [3.63, 3.8) is 0 Å². The first-order valence-corrected chi connectivity index (χ1v) is 7.69. The average Bonchev–Trinajstić information content (AvgIpc) is 3.24. The van der Waals surface area contributed by atoms with Crippen molar-refractivity contribution >= 4 is 22.8 Å². The maximum Gasteiger partial charge on any atom is 0.286 e. The van der Waals surface area contributed by atoms with Crippen LogP contribution >= 0.6 is 0 Å². The number of benzene rings is 1. The summed E-state index contributed by atoms with van der Waals surface area (Å²) in [6, 6.07) is 10.6. The van der Waals surface area contributed by atoms with Crippen molar-refractivity contribution in [2.75, 3.05) is 6.54 Å². The fraction of sp³-hybridized carbons (Fsp3) is 0.235. The first-order chi connectivity index (χ1) is 11.6. The molecule has 1 aromatic carbocycles. The van der Waals surface area contributed by atoms with Crippen LogP contribution < -0.4 is 10.6 Å². The highest BCUT2D eigenvalue weighted by Crippen LogP contribution is 2.15. The second-order valence-electron chi connectivity index (χ2n) is 5.41. The normalized spacial score (nSPS) is 12.0. The zero-order chi connectivity index (χ0) is 16.9. The van der Waals surface area contributed by atoms with Gasteiger partial charge in [0.1, 0.15) is 5.82 Å². The number of H-pyrrole nitrogens is 1. The van der Waals surface area contributed by atoms with Gasteiger partial charge >= 0.3 is 0 Å². The molecule has 124 valence electrons. The van der Waals surface area contributed by atoms with E-state index in [-0.39, 0.29) is 36.6 Å². The van der Waals surface area contributed by atoms with E-state index in [1.54, 1.807) is 12.1 Å². The number of fused-ring (bicyclic) bond motifs is 1. The number of para-hydroxylation sites is 2. The Bertz CT molecular complexity index is 806. The first-order valence-electron chi connectivity index (χ1n) is 7.69. The standard InChI is InChI=1S/C17H18N4O3/c1-11(16-20-12-5-2-3-6-13(12)21-16)19-15(22)8-9-18-17(23)14-7-4-10-24-14/h2-7,10-11H,8-9H2,1H3,(H,18,23)(H,19,22)(H,20,21)/t11-/m1/s1. The summed E-state index contributed by atoms with van der Waals surface area (Å²) in [4.78, 5) is 31.3. The summed E-state index contributed by atoms with van der Waals surface area (Å²) in [5, 5.41) is 5.49. The van der Waals surface area contributed by atoms with Crippen molar-refractivity contribution in [1.82, 2.24) is 20.6 Å². The van der Waals surface area contributed by atoms with Gasteiger partial charge in [0.15, 0.2) is 5.76 Å². The number of nitrogens with zero attached hydrogens (tertiary/aromatic N) is 1. The molecule has 3 rings (SSSR count). The van der Waals surface area contributed by atoms with Gasteiger partial charge in [-0.2, -0.15) is 0 Å². The molecule has 0 unspecified atom stereocenters. The van der Waals surface area contributed by atoms with Crippen molar-refractivity contribution in [3.8, 4) is 0 Å². The van der Waals surface area contributed by atoms with Crippen LogP contribution in [0.1, 0.15) is 35.8 Å². The van der Waals surface area contributed by atoms with E-state index in [1.807, 2.05) is 31.2 Å². The molecule has 0 radical (unpaired) electrons. The predicted octanol–water partition coefficient (Wildman–Crippen LogP) is 2.15. The molecule has 7 heteroatoms. The molecule has 24 heavy (non-hydrogen) atoms. The highest BCUT2D eigenvalue weighted by Gasteiger charge is 2.14. The molecule has 0 aliphatic rings. The van der Waals surface area contributed by atoms with Crippen LogP contribution in [-0.4, -0.2) is 28.3 Å². The molecule has 0 fully saturated rings. The topological polar surface area (TPSA) is 100 Å². The van der Waals surface area contributed by atoms with Crippen LogP contribution in [0.4, 0.5) is 0 Å². The van der Waals surface area contributed by atoms with E-state index in [0.717, 1.165) is 11.0 Å². The Morgan fingerprint density at radius 1 is 1.25 bits per heavy atom. The number of aromatic amines is 1. The summed E-state index contributed by atoms with van der Waals surface area (Å²) in [6.45, 7) is 2.09. The average molecular weight is 326 g/mol. The molecular weight excluding hydrogens is 308 g/mol. The maximum absolute atomic E-state index is 12.0. The summed E-state index contributed by atoms with van der Waals surface area (Å²) in [5.41, 5.74) is 1.79. The number of amides is 2. The predicted molar refractivity (Wildman–Crippen MR) is 88.3 cm³/mol. The van der Waals surface area contributed by atoms with Crippen molar-refractivity contribution in [2.45, 2.75) is 19.4 Å². The zero-order valence-electron chi connectivity index (χ0n) is 13.2. The van der Waals surface area contributed by atoms with Crippen LogP contribution in [0, 0.1) is 0 Å². The lowest BCUT2D eigenvalue weighted by atomic mass is 10.3. The molecule has 0 aliphatic carbocycles. The summed E-state index contributed by atoms with van der Waals surface area (Å²) < 4.78 is 4.98. The lowest BCUT2D eigenvalue weighted by Crippen LogP contribution is -2.32. The van der Waals surface area contributed by atoms with E-state index in [2.05, 4.69) is 20.6 Å². The van der Waals surface area contributed by atoms with Crippen LogP contribution in [0.2, 0.25) is 0 Å². The minimum atomic E-state index is -0.335. The number of hydrogen-bond acceptors (Lipinski definition) is 4. The molecule has 0 saturated carbocycles. The lowest BCUT2D eigenvalue weighted by molar-refractivity contribution is -0.121. The van der Waals surface area contributed by atoms with E-state index in [4.69, 9.17) is 4.42 Å². The van der Waals surface area contributed by atoms with Crippen LogP contribution in [-0.2, 0) is 4.79 Å². The summed E-state index contributed by atoms with van der Waals surface area (Å²) >= 11 is 0. The number of nitrogens with one attached hydrogen (secondary N) is 3. The SMILES string of the molecule is C[C@@H](NC(=O)CCNC(=O)c1ccco1)c1nc2ccccc2[nH]1. The highest BCUT2D eigenvalue weighted by atomic mass is 16.3. The van der Waals surface area contributed by atoms with Crippen molar-refractivity contribution in [1.29, 1.82) is 0 Å². The van der Waals surface area contributed by atoms with Gasteiger partial charge in [-0.3, -0.25) is 9.59 Å². The molecule has 3 aromatic rings. The molecule has 1 atom stereocenters. The molecule has 0 bridgehead atoms. The molecule has 7 nitrogen and oxygen atoms in total. The van der Waals surface area contributed by atoms with Crippen LogP contribution in [0.5, 0.6) is 0 Å². The van der Waals surface area contributed by atoms with Gasteiger partial charge in [0.25, 0.3) is 5.91 Å². The number of aromatic nitrogens is 2. The van der Waals surface area contributed by atoms with Crippen molar-refractivity contribution in [3.05, 3.63) is 54.2 Å². The second kappa shape index (κ2) is 6.99. The molecule has 3 N–H and O–H groups in total. The molecule has 2 heterocycles. The third kappa shape index (κ3) is 3.62. The van der Waals surface area contributed by atoms with Gasteiger partial charge in [-0.1, -0.05) is 12.1 Å². The van der Waals surface area contributed by atoms with E-state index in [0.29, 0.717) is 5.82 Å². The Kier molecular flexibility index (Phi) is 4.60. The fourth-order valence-electron chi connectivity index (χ4n) is 2.34. The van der Waals surface area contributed by atoms with E-state index in [1.165, 1.54) is 6.26 Å². The second-order valence-corrected chi connectivity index (χ2v) is 5.41. The summed E-state index contributed by atoms with van der Waals surface area (Å²) in [6.07, 6.45) is 1.60. The monoisotopic (exact) mass is 326 g/mol. The van der Waals surface area contributed by atoms with Gasteiger partial charge in [0.2, 0.25) is 5.91 Å². The Balaban J connectivity index is 1.48. The highest BCUT2D eigenvalue weighted by molar-refractivity contribution is 5.91. The van der Waals surface area contributed by atoms with Gasteiger partial charge in [-0.15, -0.1) is 0 Å². The first kappa shape index (κ1) is 15.8. The largest absolute Gasteiger partial charge is 0.459 e. The lowest BCUT2D eigenvalue weighted by Gasteiger charge is -2.11. The van der Waals surface area contributed by atoms with Gasteiger partial charge in [0, 0.05) is 13.0 Å². The smallest absolute Gasteiger partial charge is 0.286 e. The summed E-state index contributed by atoms with van der Waals surface area (Å²) in [7, 11) is 0. The van der Waals surface area contributed by atoms with Crippen LogP contribution in [0.3, 0.4) is 0 Å². The number of carbonyl (C=O) groups excluding carboxylic acids is 2. The van der Waals surface area contributed by atoms with Gasteiger partial charge in [-0.05, 0) is 31.2 Å². The molecular formula is C17H18N4O3. The summed E-state index contributed by atoms with van der Waals surface area (Å²) in [5.74, 6) is 0.427. The van der Waals surface area contributed by atoms with Crippen LogP contribution in [0.15, 0.2) is 47.1 Å². The molecule has 2 amide bonds. The Labute approximate surface area is 138 Å². The minimum Gasteiger partial charge on any atom is -0.459 e. The van der Waals surface area contributed by atoms with Crippen molar-refractivity contribution in [2.24, 2.45) is 0 Å². The number of hydrogen-bond donors (Lipinski definition) is 3. The van der Waals surface area contributed by atoms with Gasteiger partial charge < -0.3 is 20.0 Å². The Hall–Kier alpha value is -3.09. The number of carbonyl (C=O) groups is 2. The third-order valence-electron chi connectivity index (χ3n) is 3.58. The fourth-order valence-corrected chi connectivity index (χ4v) is 2.34. The minimum absolute atomic E-state index is 0.164. The van der Waals surface area contributed by atoms with E-state index in [9.17, 15) is 9.59 Å². The molecule has 0 spiro atoms. The molecule has 2 aromatic heterocycles. The Morgan fingerprint density at radius 2 is 2.08 bits per heavy atom. The number of furan rings is 1. The van der Waals surface area contributed by atoms with Gasteiger partial charge in [-0.25, -0.2) is 4.98 Å². The van der Waals surface area contributed by atoms with E-state index < -0.39 is 0 Å².